The topological polar surface area (TPSA) is 63.8 Å². The van der Waals surface area contributed by atoms with Gasteiger partial charge in [0, 0.05) is 17.8 Å². The van der Waals surface area contributed by atoms with E-state index in [0.717, 1.165) is 17.8 Å². The van der Waals surface area contributed by atoms with Gasteiger partial charge in [-0.15, -0.1) is 0 Å². The maximum Gasteiger partial charge on any atom is 0.221 e. The van der Waals surface area contributed by atoms with E-state index in [2.05, 4.69) is 35.7 Å². The van der Waals surface area contributed by atoms with Gasteiger partial charge < -0.3 is 11.1 Å². The first-order chi connectivity index (χ1) is 6.67. The summed E-state index contributed by atoms with van der Waals surface area (Å²) in [6.07, 6.45) is 4.41. The number of rotatable bonds is 4. The fourth-order valence-electron chi connectivity index (χ4n) is 1.01. The number of anilines is 2. The van der Waals surface area contributed by atoms with Crippen molar-refractivity contribution in [3.8, 4) is 0 Å². The normalized spacial score (nSPS) is 12.1. The van der Waals surface area contributed by atoms with Gasteiger partial charge in [-0.3, -0.25) is 0 Å². The van der Waals surface area contributed by atoms with E-state index in [-0.39, 0.29) is 5.95 Å². The molecular weight excluding hydrogens is 176 g/mol. The molecule has 1 heterocycles. The second-order valence-corrected chi connectivity index (χ2v) is 3.19. The van der Waals surface area contributed by atoms with Crippen LogP contribution < -0.4 is 11.1 Å². The highest BCUT2D eigenvalue weighted by molar-refractivity contribution is 5.62. The number of hydrogen-bond donors (Lipinski definition) is 2. The first-order valence-corrected chi connectivity index (χ1v) is 4.68. The van der Waals surface area contributed by atoms with Crippen molar-refractivity contribution in [2.45, 2.75) is 26.3 Å². The molecule has 0 aliphatic heterocycles. The monoisotopic (exact) mass is 192 g/mol. The molecule has 4 heteroatoms. The number of nitrogen functional groups attached to an aromatic ring is 1. The van der Waals surface area contributed by atoms with Gasteiger partial charge in [-0.1, -0.05) is 19.6 Å². The van der Waals surface area contributed by atoms with Gasteiger partial charge in [0.05, 0.1) is 0 Å². The van der Waals surface area contributed by atoms with Crippen LogP contribution in [0.15, 0.2) is 12.8 Å². The van der Waals surface area contributed by atoms with Crippen molar-refractivity contribution in [1.29, 1.82) is 0 Å². The molecule has 0 aromatic carbocycles. The van der Waals surface area contributed by atoms with Crippen LogP contribution in [-0.4, -0.2) is 16.0 Å². The van der Waals surface area contributed by atoms with Crippen molar-refractivity contribution >= 4 is 17.8 Å². The second-order valence-electron chi connectivity index (χ2n) is 3.19. The zero-order chi connectivity index (χ0) is 10.6. The molecule has 1 aromatic heterocycles. The smallest absolute Gasteiger partial charge is 0.221 e. The van der Waals surface area contributed by atoms with E-state index < -0.39 is 0 Å². The average Bonchev–Trinajstić information content (AvgIpc) is 2.18. The Balaban J connectivity index is 2.92. The molecule has 1 atom stereocenters. The standard InChI is InChI=1S/C10H16N4/c1-4-7(3)13-9-8(5-2)6-12-10(11)14-9/h5-7H,2,4H2,1,3H3,(H3,11,12,13,14)/t7-/m0/s1. The van der Waals surface area contributed by atoms with Crippen molar-refractivity contribution in [2.24, 2.45) is 0 Å². The lowest BCUT2D eigenvalue weighted by Crippen LogP contribution is -2.16. The van der Waals surface area contributed by atoms with Crippen molar-refractivity contribution in [1.82, 2.24) is 9.97 Å². The van der Waals surface area contributed by atoms with Crippen LogP contribution in [0.3, 0.4) is 0 Å². The summed E-state index contributed by atoms with van der Waals surface area (Å²) in [5.74, 6) is 1.03. The Morgan fingerprint density at radius 2 is 2.43 bits per heavy atom. The predicted molar refractivity (Wildman–Crippen MR) is 59.9 cm³/mol. The van der Waals surface area contributed by atoms with Crippen LogP contribution in [0, 0.1) is 0 Å². The largest absolute Gasteiger partial charge is 0.368 e. The molecule has 0 bridgehead atoms. The lowest BCUT2D eigenvalue weighted by atomic mass is 10.2. The van der Waals surface area contributed by atoms with Gasteiger partial charge in [0.2, 0.25) is 5.95 Å². The zero-order valence-corrected chi connectivity index (χ0v) is 8.62. The number of aromatic nitrogens is 2. The molecule has 0 spiro atoms. The summed E-state index contributed by atoms with van der Waals surface area (Å²) in [5.41, 5.74) is 6.38. The van der Waals surface area contributed by atoms with Crippen LogP contribution in [-0.2, 0) is 0 Å². The molecule has 0 radical (unpaired) electrons. The molecule has 1 rings (SSSR count). The van der Waals surface area contributed by atoms with Gasteiger partial charge >= 0.3 is 0 Å². The SMILES string of the molecule is C=Cc1cnc(N)nc1N[C@@H](C)CC. The highest BCUT2D eigenvalue weighted by Crippen LogP contribution is 2.15. The minimum atomic E-state index is 0.279. The molecule has 1 aromatic rings. The second kappa shape index (κ2) is 4.60. The van der Waals surface area contributed by atoms with Crippen LogP contribution in [0.1, 0.15) is 25.8 Å². The first kappa shape index (κ1) is 10.5. The van der Waals surface area contributed by atoms with E-state index in [9.17, 15) is 0 Å². The Labute approximate surface area is 84.3 Å². The Morgan fingerprint density at radius 3 is 3.00 bits per heavy atom. The molecule has 0 aliphatic rings. The highest BCUT2D eigenvalue weighted by atomic mass is 15.1. The number of nitrogens with zero attached hydrogens (tertiary/aromatic N) is 2. The minimum absolute atomic E-state index is 0.279. The Kier molecular flexibility index (Phi) is 3.45. The van der Waals surface area contributed by atoms with Crippen molar-refractivity contribution < 1.29 is 0 Å². The first-order valence-electron chi connectivity index (χ1n) is 4.68. The Bertz CT molecular complexity index is 322. The van der Waals surface area contributed by atoms with E-state index >= 15 is 0 Å². The fourth-order valence-corrected chi connectivity index (χ4v) is 1.01. The number of hydrogen-bond acceptors (Lipinski definition) is 4. The van der Waals surface area contributed by atoms with E-state index in [4.69, 9.17) is 5.73 Å². The van der Waals surface area contributed by atoms with Gasteiger partial charge in [0.25, 0.3) is 0 Å². The summed E-state index contributed by atoms with van der Waals surface area (Å²) in [5, 5.41) is 3.25. The molecular formula is C10H16N4. The average molecular weight is 192 g/mol. The molecule has 4 nitrogen and oxygen atoms in total. The molecule has 76 valence electrons. The van der Waals surface area contributed by atoms with E-state index in [1.54, 1.807) is 12.3 Å². The Morgan fingerprint density at radius 1 is 1.71 bits per heavy atom. The van der Waals surface area contributed by atoms with Gasteiger partial charge in [0.15, 0.2) is 0 Å². The molecule has 0 aliphatic carbocycles. The van der Waals surface area contributed by atoms with Crippen molar-refractivity contribution in [2.75, 3.05) is 11.1 Å². The Hall–Kier alpha value is -1.58. The summed E-state index contributed by atoms with van der Waals surface area (Å²) < 4.78 is 0. The summed E-state index contributed by atoms with van der Waals surface area (Å²) >= 11 is 0. The molecule has 0 amide bonds. The van der Waals surface area contributed by atoms with E-state index in [0.29, 0.717) is 6.04 Å². The van der Waals surface area contributed by atoms with Crippen molar-refractivity contribution in [3.05, 3.63) is 18.3 Å². The molecule has 0 saturated heterocycles. The zero-order valence-electron chi connectivity index (χ0n) is 8.62. The molecule has 0 unspecified atom stereocenters. The van der Waals surface area contributed by atoms with Crippen LogP contribution in [0.2, 0.25) is 0 Å². The summed E-state index contributed by atoms with van der Waals surface area (Å²) in [4.78, 5) is 8.02. The highest BCUT2D eigenvalue weighted by Gasteiger charge is 2.05. The minimum Gasteiger partial charge on any atom is -0.368 e. The van der Waals surface area contributed by atoms with Gasteiger partial charge in [-0.2, -0.15) is 4.98 Å². The molecule has 0 saturated carbocycles. The number of nitrogens with two attached hydrogens (primary N) is 1. The van der Waals surface area contributed by atoms with Gasteiger partial charge in [0.1, 0.15) is 5.82 Å². The van der Waals surface area contributed by atoms with Crippen LogP contribution >= 0.6 is 0 Å². The molecule has 14 heavy (non-hydrogen) atoms. The van der Waals surface area contributed by atoms with Crippen molar-refractivity contribution in [3.63, 3.8) is 0 Å². The summed E-state index contributed by atoms with van der Waals surface area (Å²) in [6.45, 7) is 7.89. The lowest BCUT2D eigenvalue weighted by Gasteiger charge is -2.13. The quantitative estimate of drug-likeness (QED) is 0.765. The van der Waals surface area contributed by atoms with Gasteiger partial charge in [-0.05, 0) is 13.3 Å². The molecule has 3 N–H and O–H groups in total. The number of nitrogens with one attached hydrogen (secondary N) is 1. The van der Waals surface area contributed by atoms with E-state index in [1.165, 1.54) is 0 Å². The third kappa shape index (κ3) is 2.45. The summed E-state index contributed by atoms with van der Waals surface area (Å²) in [6, 6.07) is 0.364. The molecule has 0 fully saturated rings. The maximum absolute atomic E-state index is 5.50. The third-order valence-corrected chi connectivity index (χ3v) is 2.05. The maximum atomic E-state index is 5.50. The predicted octanol–water partition coefficient (Wildman–Crippen LogP) is 1.91. The fraction of sp³-hybridized carbons (Fsp3) is 0.400. The van der Waals surface area contributed by atoms with Crippen LogP contribution in [0.4, 0.5) is 11.8 Å². The van der Waals surface area contributed by atoms with Crippen LogP contribution in [0.25, 0.3) is 6.08 Å². The lowest BCUT2D eigenvalue weighted by molar-refractivity contribution is 0.758. The van der Waals surface area contributed by atoms with Gasteiger partial charge in [-0.25, -0.2) is 4.98 Å². The summed E-state index contributed by atoms with van der Waals surface area (Å²) in [7, 11) is 0. The van der Waals surface area contributed by atoms with Crippen LogP contribution in [0.5, 0.6) is 0 Å². The third-order valence-electron chi connectivity index (χ3n) is 2.05. The van der Waals surface area contributed by atoms with E-state index in [1.807, 2.05) is 0 Å².